The van der Waals surface area contributed by atoms with Crippen molar-refractivity contribution in [3.8, 4) is 0 Å². The van der Waals surface area contributed by atoms with Crippen molar-refractivity contribution >= 4 is 33.3 Å². The molecule has 22 heavy (non-hydrogen) atoms. The average molecular weight is 313 g/mol. The van der Waals surface area contributed by atoms with Gasteiger partial charge in [-0.1, -0.05) is 17.3 Å². The van der Waals surface area contributed by atoms with Crippen molar-refractivity contribution in [3.05, 3.63) is 40.5 Å². The van der Waals surface area contributed by atoms with Gasteiger partial charge in [-0.05, 0) is 37.8 Å². The van der Waals surface area contributed by atoms with Crippen LogP contribution in [0.25, 0.3) is 11.0 Å². The Kier molecular flexibility index (Phi) is 3.38. The van der Waals surface area contributed by atoms with Crippen LogP contribution in [0, 0.1) is 0 Å². The average Bonchev–Trinajstić information content (AvgIpc) is 3.11. The molecule has 6 heteroatoms. The molecule has 1 N–H and O–H groups in total. The molecule has 4 rings (SSSR count). The van der Waals surface area contributed by atoms with Gasteiger partial charge in [-0.15, -0.1) is 11.3 Å². The lowest BCUT2D eigenvalue weighted by Crippen LogP contribution is -2.14. The summed E-state index contributed by atoms with van der Waals surface area (Å²) in [5.41, 5.74) is 2.52. The highest BCUT2D eigenvalue weighted by Crippen LogP contribution is 2.29. The van der Waals surface area contributed by atoms with Crippen LogP contribution in [0.5, 0.6) is 0 Å². The summed E-state index contributed by atoms with van der Waals surface area (Å²) in [4.78, 5) is 18.0. The Morgan fingerprint density at radius 1 is 1.27 bits per heavy atom. The summed E-state index contributed by atoms with van der Waals surface area (Å²) in [5, 5.41) is 8.46. The van der Waals surface area contributed by atoms with Crippen molar-refractivity contribution in [2.45, 2.75) is 32.1 Å². The number of rotatable bonds is 3. The zero-order valence-corrected chi connectivity index (χ0v) is 12.8. The topological polar surface area (TPSA) is 68.0 Å². The van der Waals surface area contributed by atoms with Crippen molar-refractivity contribution in [2.24, 2.45) is 0 Å². The molecular weight excluding hydrogens is 298 g/mol. The number of anilines is 1. The van der Waals surface area contributed by atoms with E-state index in [9.17, 15) is 4.79 Å². The number of carbonyl (C=O) groups is 1. The number of aromatic nitrogens is 2. The highest BCUT2D eigenvalue weighted by Gasteiger charge is 2.17. The van der Waals surface area contributed by atoms with Gasteiger partial charge < -0.3 is 9.84 Å². The second kappa shape index (κ2) is 5.53. The van der Waals surface area contributed by atoms with E-state index in [4.69, 9.17) is 4.52 Å². The quantitative estimate of drug-likeness (QED) is 0.805. The number of carbonyl (C=O) groups excluding carboxylic acids is 1. The summed E-state index contributed by atoms with van der Waals surface area (Å²) in [6.07, 6.45) is 4.70. The van der Waals surface area contributed by atoms with Crippen molar-refractivity contribution in [2.75, 3.05) is 5.32 Å². The first kappa shape index (κ1) is 13.5. The van der Waals surface area contributed by atoms with Gasteiger partial charge in [0.2, 0.25) is 5.91 Å². The lowest BCUT2D eigenvalue weighted by molar-refractivity contribution is -0.115. The number of thiazole rings is 1. The van der Waals surface area contributed by atoms with Crippen LogP contribution in [0.1, 0.15) is 29.1 Å². The standard InChI is InChI=1S/C16H15N3O2S/c20-15(9-12-10-5-1-3-7-13(10)21-19-12)18-16-17-11-6-2-4-8-14(11)22-16/h1,3,5,7H,2,4,6,8-9H2,(H,17,18,20). The molecule has 2 aromatic heterocycles. The normalized spacial score (nSPS) is 14.0. The minimum Gasteiger partial charge on any atom is -0.356 e. The van der Waals surface area contributed by atoms with Gasteiger partial charge in [0.25, 0.3) is 0 Å². The van der Waals surface area contributed by atoms with E-state index in [0.29, 0.717) is 16.4 Å². The molecule has 0 spiro atoms. The summed E-state index contributed by atoms with van der Waals surface area (Å²) in [6.45, 7) is 0. The lowest BCUT2D eigenvalue weighted by atomic mass is 10.0. The minimum absolute atomic E-state index is 0.106. The lowest BCUT2D eigenvalue weighted by Gasteiger charge is -2.06. The number of fused-ring (bicyclic) bond motifs is 2. The van der Waals surface area contributed by atoms with Gasteiger partial charge in [-0.25, -0.2) is 4.98 Å². The van der Waals surface area contributed by atoms with Crippen molar-refractivity contribution in [3.63, 3.8) is 0 Å². The SMILES string of the molecule is O=C(Cc1noc2ccccc12)Nc1nc2c(s1)CCCC2. The second-order valence-electron chi connectivity index (χ2n) is 5.45. The van der Waals surface area contributed by atoms with Gasteiger partial charge in [0.15, 0.2) is 10.7 Å². The summed E-state index contributed by atoms with van der Waals surface area (Å²) >= 11 is 1.59. The molecule has 0 aliphatic heterocycles. The fourth-order valence-electron chi connectivity index (χ4n) is 2.79. The largest absolute Gasteiger partial charge is 0.356 e. The van der Waals surface area contributed by atoms with Crippen LogP contribution in [0.3, 0.4) is 0 Å². The monoisotopic (exact) mass is 313 g/mol. The van der Waals surface area contributed by atoms with Gasteiger partial charge >= 0.3 is 0 Å². The first-order chi connectivity index (χ1) is 10.8. The molecule has 1 aromatic carbocycles. The molecule has 2 heterocycles. The number of amides is 1. The third-order valence-corrected chi connectivity index (χ3v) is 4.95. The van der Waals surface area contributed by atoms with Gasteiger partial charge in [0.1, 0.15) is 5.69 Å². The molecule has 0 saturated carbocycles. The Morgan fingerprint density at radius 2 is 2.14 bits per heavy atom. The molecule has 1 amide bonds. The van der Waals surface area contributed by atoms with Gasteiger partial charge in [-0.3, -0.25) is 4.79 Å². The zero-order valence-electron chi connectivity index (χ0n) is 12.0. The van der Waals surface area contributed by atoms with E-state index < -0.39 is 0 Å². The van der Waals surface area contributed by atoms with Crippen LogP contribution in [0.4, 0.5) is 5.13 Å². The van der Waals surface area contributed by atoms with E-state index in [1.165, 1.54) is 17.7 Å². The van der Waals surface area contributed by atoms with Crippen molar-refractivity contribution in [1.29, 1.82) is 0 Å². The summed E-state index contributed by atoms with van der Waals surface area (Å²) in [5.74, 6) is -0.106. The molecule has 0 saturated heterocycles. The Labute approximate surface area is 131 Å². The second-order valence-corrected chi connectivity index (χ2v) is 6.53. The van der Waals surface area contributed by atoms with E-state index in [1.54, 1.807) is 11.3 Å². The molecule has 0 bridgehead atoms. The summed E-state index contributed by atoms with van der Waals surface area (Å²) in [6, 6.07) is 7.56. The Morgan fingerprint density at radius 3 is 3.05 bits per heavy atom. The van der Waals surface area contributed by atoms with Crippen molar-refractivity contribution < 1.29 is 9.32 Å². The van der Waals surface area contributed by atoms with E-state index in [0.717, 1.165) is 23.9 Å². The summed E-state index contributed by atoms with van der Waals surface area (Å²) in [7, 11) is 0. The van der Waals surface area contributed by atoms with Crippen LogP contribution in [0.2, 0.25) is 0 Å². The number of nitrogens with zero attached hydrogens (tertiary/aromatic N) is 2. The number of hydrogen-bond donors (Lipinski definition) is 1. The Balaban J connectivity index is 1.49. The van der Waals surface area contributed by atoms with E-state index >= 15 is 0 Å². The number of hydrogen-bond acceptors (Lipinski definition) is 5. The molecule has 1 aliphatic carbocycles. The maximum absolute atomic E-state index is 12.2. The fraction of sp³-hybridized carbons (Fsp3) is 0.312. The predicted molar refractivity (Wildman–Crippen MR) is 85.1 cm³/mol. The third kappa shape index (κ3) is 2.50. The molecular formula is C16H15N3O2S. The summed E-state index contributed by atoms with van der Waals surface area (Å²) < 4.78 is 5.22. The predicted octanol–water partition coefficient (Wildman–Crippen LogP) is 3.34. The highest BCUT2D eigenvalue weighted by atomic mass is 32.1. The van der Waals surface area contributed by atoms with E-state index in [-0.39, 0.29) is 12.3 Å². The van der Waals surface area contributed by atoms with E-state index in [1.807, 2.05) is 24.3 Å². The number of nitrogens with one attached hydrogen (secondary N) is 1. The Hall–Kier alpha value is -2.21. The van der Waals surface area contributed by atoms with Crippen LogP contribution >= 0.6 is 11.3 Å². The molecule has 3 aromatic rings. The maximum Gasteiger partial charge on any atom is 0.232 e. The molecule has 0 unspecified atom stereocenters. The molecule has 112 valence electrons. The number of aryl methyl sites for hydroxylation is 2. The van der Waals surface area contributed by atoms with Crippen LogP contribution in [-0.4, -0.2) is 16.0 Å². The fourth-order valence-corrected chi connectivity index (χ4v) is 3.85. The number of para-hydroxylation sites is 1. The highest BCUT2D eigenvalue weighted by molar-refractivity contribution is 7.15. The zero-order chi connectivity index (χ0) is 14.9. The first-order valence-electron chi connectivity index (χ1n) is 7.41. The Bertz CT molecular complexity index is 813. The van der Waals surface area contributed by atoms with Crippen LogP contribution < -0.4 is 5.32 Å². The molecule has 1 aliphatic rings. The maximum atomic E-state index is 12.2. The van der Waals surface area contributed by atoms with Crippen LogP contribution in [-0.2, 0) is 24.1 Å². The molecule has 0 atom stereocenters. The molecule has 0 fully saturated rings. The van der Waals surface area contributed by atoms with Crippen molar-refractivity contribution in [1.82, 2.24) is 10.1 Å². The first-order valence-corrected chi connectivity index (χ1v) is 8.23. The van der Waals surface area contributed by atoms with Crippen LogP contribution in [0.15, 0.2) is 28.8 Å². The van der Waals surface area contributed by atoms with Gasteiger partial charge in [0.05, 0.1) is 12.1 Å². The number of benzene rings is 1. The van der Waals surface area contributed by atoms with Gasteiger partial charge in [0, 0.05) is 10.3 Å². The molecule has 0 radical (unpaired) electrons. The molecule has 5 nitrogen and oxygen atoms in total. The minimum atomic E-state index is -0.106. The smallest absolute Gasteiger partial charge is 0.232 e. The third-order valence-electron chi connectivity index (χ3n) is 3.87. The van der Waals surface area contributed by atoms with Gasteiger partial charge in [-0.2, -0.15) is 0 Å². The van der Waals surface area contributed by atoms with E-state index in [2.05, 4.69) is 15.5 Å².